The molecule has 5 heteroatoms. The average Bonchev–Trinajstić information content (AvgIpc) is 2.83. The number of sulfonamides is 1. The molecule has 1 fully saturated rings. The van der Waals surface area contributed by atoms with E-state index in [1.807, 2.05) is 0 Å². The van der Waals surface area contributed by atoms with E-state index < -0.39 is 15.8 Å². The Morgan fingerprint density at radius 1 is 1.25 bits per heavy atom. The zero-order valence-electron chi connectivity index (χ0n) is 9.25. The zero-order valence-corrected chi connectivity index (χ0v) is 10.1. The first-order valence-electron chi connectivity index (χ1n) is 5.19. The van der Waals surface area contributed by atoms with Gasteiger partial charge in [0.2, 0.25) is 10.0 Å². The predicted octanol–water partition coefficient (Wildman–Crippen LogP) is 1.88. The summed E-state index contributed by atoms with van der Waals surface area (Å²) in [6.45, 7) is 3.22. The highest BCUT2D eigenvalue weighted by molar-refractivity contribution is 7.89. The molecule has 16 heavy (non-hydrogen) atoms. The third-order valence-electron chi connectivity index (χ3n) is 2.59. The molecular weight excluding hydrogens is 229 g/mol. The Labute approximate surface area is 94.7 Å². The lowest BCUT2D eigenvalue weighted by Gasteiger charge is -2.11. The minimum absolute atomic E-state index is 0.0638. The lowest BCUT2D eigenvalue weighted by Crippen LogP contribution is -2.27. The molecule has 0 aliphatic heterocycles. The van der Waals surface area contributed by atoms with Gasteiger partial charge in [-0.2, -0.15) is 0 Å². The highest BCUT2D eigenvalue weighted by Crippen LogP contribution is 2.26. The van der Waals surface area contributed by atoms with E-state index in [4.69, 9.17) is 0 Å². The first-order valence-corrected chi connectivity index (χ1v) is 6.67. The molecule has 0 radical (unpaired) electrons. The second-order valence-electron chi connectivity index (χ2n) is 4.26. The normalized spacial score (nSPS) is 16.4. The fourth-order valence-corrected chi connectivity index (χ4v) is 3.56. The molecule has 0 unspecified atom stereocenters. The molecule has 1 aromatic rings. The average molecular weight is 243 g/mol. The minimum atomic E-state index is -3.49. The smallest absolute Gasteiger partial charge is 0.208 e. The van der Waals surface area contributed by atoms with Crippen LogP contribution in [0.25, 0.3) is 0 Å². The topological polar surface area (TPSA) is 46.2 Å². The van der Waals surface area contributed by atoms with Crippen LogP contribution in [0.2, 0.25) is 0 Å². The molecule has 0 saturated heterocycles. The largest absolute Gasteiger partial charge is 0.241 e. The molecule has 0 heterocycles. The van der Waals surface area contributed by atoms with E-state index in [2.05, 4.69) is 4.72 Å². The van der Waals surface area contributed by atoms with Crippen LogP contribution in [0.4, 0.5) is 4.39 Å². The molecular formula is C11H14FNO2S. The summed E-state index contributed by atoms with van der Waals surface area (Å²) in [6, 6.07) is 2.55. The molecule has 0 bridgehead atoms. The van der Waals surface area contributed by atoms with E-state index in [0.29, 0.717) is 11.1 Å². The molecule has 3 nitrogen and oxygen atoms in total. The zero-order chi connectivity index (χ0) is 11.9. The number of hydrogen-bond donors (Lipinski definition) is 1. The lowest BCUT2D eigenvalue weighted by molar-refractivity contribution is 0.578. The lowest BCUT2D eigenvalue weighted by atomic mass is 10.1. The number of halogens is 1. The van der Waals surface area contributed by atoms with Crippen LogP contribution in [0.15, 0.2) is 17.0 Å². The molecule has 0 aromatic heterocycles. The van der Waals surface area contributed by atoms with Crippen LogP contribution < -0.4 is 4.72 Å². The van der Waals surface area contributed by atoms with E-state index in [0.717, 1.165) is 12.8 Å². The van der Waals surface area contributed by atoms with E-state index in [-0.39, 0.29) is 10.9 Å². The number of rotatable bonds is 3. The van der Waals surface area contributed by atoms with Gasteiger partial charge >= 0.3 is 0 Å². The van der Waals surface area contributed by atoms with E-state index >= 15 is 0 Å². The summed E-state index contributed by atoms with van der Waals surface area (Å²) in [5.74, 6) is -0.402. The minimum Gasteiger partial charge on any atom is -0.208 e. The van der Waals surface area contributed by atoms with Crippen molar-refractivity contribution in [2.45, 2.75) is 37.6 Å². The van der Waals surface area contributed by atoms with Gasteiger partial charge in [0.15, 0.2) is 0 Å². The number of benzene rings is 1. The molecule has 88 valence electrons. The van der Waals surface area contributed by atoms with Gasteiger partial charge in [0.25, 0.3) is 0 Å². The van der Waals surface area contributed by atoms with Crippen molar-refractivity contribution in [2.24, 2.45) is 0 Å². The maximum atomic E-state index is 13.1. The van der Waals surface area contributed by atoms with Gasteiger partial charge in [-0.05, 0) is 49.9 Å². The van der Waals surface area contributed by atoms with Gasteiger partial charge in [0.05, 0.1) is 4.90 Å². The van der Waals surface area contributed by atoms with Gasteiger partial charge in [0, 0.05) is 6.04 Å². The van der Waals surface area contributed by atoms with E-state index in [1.165, 1.54) is 12.1 Å². The van der Waals surface area contributed by atoms with Gasteiger partial charge in [-0.1, -0.05) is 0 Å². The summed E-state index contributed by atoms with van der Waals surface area (Å²) >= 11 is 0. The fraction of sp³-hybridized carbons (Fsp3) is 0.455. The van der Waals surface area contributed by atoms with Crippen LogP contribution >= 0.6 is 0 Å². The van der Waals surface area contributed by atoms with Crippen LogP contribution in [0.5, 0.6) is 0 Å². The predicted molar refractivity (Wildman–Crippen MR) is 59.2 cm³/mol. The van der Waals surface area contributed by atoms with Crippen molar-refractivity contribution >= 4 is 10.0 Å². The third kappa shape index (κ3) is 2.25. The molecule has 0 amide bonds. The molecule has 0 atom stereocenters. The first kappa shape index (κ1) is 11.5. The second kappa shape index (κ2) is 3.82. The van der Waals surface area contributed by atoms with Crippen molar-refractivity contribution in [1.29, 1.82) is 0 Å². The second-order valence-corrected chi connectivity index (χ2v) is 5.92. The monoisotopic (exact) mass is 243 g/mol. The highest BCUT2D eigenvalue weighted by atomic mass is 32.2. The summed E-state index contributed by atoms with van der Waals surface area (Å²) in [5.41, 5.74) is 0.899. The van der Waals surface area contributed by atoms with Gasteiger partial charge in [0.1, 0.15) is 5.82 Å². The standard InChI is InChI=1S/C11H14FNO2S/c1-7-5-9(12)6-8(2)11(7)16(14,15)13-10-3-4-10/h5-6,10,13H,3-4H2,1-2H3. The molecule has 1 aliphatic carbocycles. The maximum absolute atomic E-state index is 13.1. The molecule has 1 N–H and O–H groups in total. The van der Waals surface area contributed by atoms with E-state index in [1.54, 1.807) is 13.8 Å². The highest BCUT2D eigenvalue weighted by Gasteiger charge is 2.29. The molecule has 1 aliphatic rings. The van der Waals surface area contributed by atoms with E-state index in [9.17, 15) is 12.8 Å². The van der Waals surface area contributed by atoms with Gasteiger partial charge < -0.3 is 0 Å². The van der Waals surface area contributed by atoms with Crippen molar-refractivity contribution < 1.29 is 12.8 Å². The molecule has 1 saturated carbocycles. The summed E-state index contributed by atoms with van der Waals surface area (Å²) in [5, 5.41) is 0. The van der Waals surface area contributed by atoms with Crippen LogP contribution in [-0.2, 0) is 10.0 Å². The Kier molecular flexibility index (Phi) is 2.75. The van der Waals surface area contributed by atoms with Crippen LogP contribution in [-0.4, -0.2) is 14.5 Å². The molecule has 2 rings (SSSR count). The van der Waals surface area contributed by atoms with Crippen LogP contribution in [0.1, 0.15) is 24.0 Å². The summed E-state index contributed by atoms with van der Waals surface area (Å²) in [6.07, 6.45) is 1.77. The van der Waals surface area contributed by atoms with Gasteiger partial charge in [-0.15, -0.1) is 0 Å². The Hall–Kier alpha value is -0.940. The SMILES string of the molecule is Cc1cc(F)cc(C)c1S(=O)(=O)NC1CC1. The first-order chi connectivity index (χ1) is 7.40. The van der Waals surface area contributed by atoms with Crippen molar-refractivity contribution in [3.63, 3.8) is 0 Å². The van der Waals surface area contributed by atoms with Crippen molar-refractivity contribution in [3.05, 3.63) is 29.1 Å². The Morgan fingerprint density at radius 2 is 1.75 bits per heavy atom. The Morgan fingerprint density at radius 3 is 2.19 bits per heavy atom. The summed E-state index contributed by atoms with van der Waals surface area (Å²) in [7, 11) is -3.49. The molecule has 0 spiro atoms. The Balaban J connectivity index is 2.46. The molecule has 1 aromatic carbocycles. The number of aryl methyl sites for hydroxylation is 2. The van der Waals surface area contributed by atoms with Crippen molar-refractivity contribution in [2.75, 3.05) is 0 Å². The van der Waals surface area contributed by atoms with Crippen molar-refractivity contribution in [1.82, 2.24) is 4.72 Å². The van der Waals surface area contributed by atoms with Gasteiger partial charge in [-0.3, -0.25) is 0 Å². The quantitative estimate of drug-likeness (QED) is 0.881. The van der Waals surface area contributed by atoms with Gasteiger partial charge in [-0.25, -0.2) is 17.5 Å². The van der Waals surface area contributed by atoms with Crippen LogP contribution in [0.3, 0.4) is 0 Å². The van der Waals surface area contributed by atoms with Crippen molar-refractivity contribution in [3.8, 4) is 0 Å². The number of hydrogen-bond acceptors (Lipinski definition) is 2. The maximum Gasteiger partial charge on any atom is 0.241 e. The Bertz CT molecular complexity index is 498. The van der Waals surface area contributed by atoms with Crippen LogP contribution in [0, 0.1) is 19.7 Å². The summed E-state index contributed by atoms with van der Waals surface area (Å²) in [4.78, 5) is 0.209. The summed E-state index contributed by atoms with van der Waals surface area (Å²) < 4.78 is 39.7. The fourth-order valence-electron chi connectivity index (χ4n) is 1.80. The number of nitrogens with one attached hydrogen (secondary N) is 1. The third-order valence-corrected chi connectivity index (χ3v) is 4.42.